The summed E-state index contributed by atoms with van der Waals surface area (Å²) in [5, 5.41) is 3.14. The van der Waals surface area contributed by atoms with Crippen molar-refractivity contribution in [1.29, 1.82) is 0 Å². The molecule has 0 rings (SSSR count). The molecule has 0 aromatic rings. The van der Waals surface area contributed by atoms with Gasteiger partial charge in [-0.2, -0.15) is 0 Å². The van der Waals surface area contributed by atoms with Crippen molar-refractivity contribution in [3.63, 3.8) is 0 Å². The molecule has 0 radical (unpaired) electrons. The van der Waals surface area contributed by atoms with Crippen LogP contribution >= 0.6 is 0 Å². The van der Waals surface area contributed by atoms with Gasteiger partial charge in [0.25, 0.3) is 0 Å². The van der Waals surface area contributed by atoms with Gasteiger partial charge >= 0.3 is 0 Å². The SMILES string of the molecule is C#CC(C)NCCOCCOCCOCCCC. The molecule has 18 heavy (non-hydrogen) atoms. The molecule has 0 amide bonds. The summed E-state index contributed by atoms with van der Waals surface area (Å²) in [6.07, 6.45) is 7.51. The molecular weight excluding hydrogens is 230 g/mol. The third-order valence-electron chi connectivity index (χ3n) is 2.33. The van der Waals surface area contributed by atoms with Gasteiger partial charge in [0.1, 0.15) is 0 Å². The van der Waals surface area contributed by atoms with Crippen LogP contribution in [0.5, 0.6) is 0 Å². The Labute approximate surface area is 111 Å². The van der Waals surface area contributed by atoms with E-state index >= 15 is 0 Å². The normalized spacial score (nSPS) is 12.3. The number of unbranched alkanes of at least 4 members (excludes halogenated alkanes) is 1. The standard InChI is InChI=1S/C14H27NO3/c1-4-6-8-16-10-12-18-13-11-17-9-7-15-14(3)5-2/h2,14-15H,4,6-13H2,1,3H3. The molecule has 0 saturated carbocycles. The maximum absolute atomic E-state index is 5.38. The first-order chi connectivity index (χ1) is 8.81. The van der Waals surface area contributed by atoms with Crippen molar-refractivity contribution in [1.82, 2.24) is 5.32 Å². The quantitative estimate of drug-likeness (QED) is 0.400. The molecule has 0 aromatic carbocycles. The van der Waals surface area contributed by atoms with Crippen LogP contribution in [0.4, 0.5) is 0 Å². The van der Waals surface area contributed by atoms with Gasteiger partial charge in [-0.05, 0) is 13.3 Å². The predicted molar refractivity (Wildman–Crippen MR) is 73.7 cm³/mol. The number of terminal acetylenes is 1. The average molecular weight is 257 g/mol. The maximum atomic E-state index is 5.38. The third kappa shape index (κ3) is 13.5. The molecule has 0 heterocycles. The molecule has 106 valence electrons. The summed E-state index contributed by atoms with van der Waals surface area (Å²) in [5.74, 6) is 2.60. The zero-order chi connectivity index (χ0) is 13.5. The van der Waals surface area contributed by atoms with Gasteiger partial charge in [0.2, 0.25) is 0 Å². The minimum absolute atomic E-state index is 0.102. The first-order valence-corrected chi connectivity index (χ1v) is 6.74. The highest BCUT2D eigenvalue weighted by Crippen LogP contribution is 1.88. The van der Waals surface area contributed by atoms with Crippen molar-refractivity contribution < 1.29 is 14.2 Å². The Hall–Kier alpha value is -0.600. The smallest absolute Gasteiger partial charge is 0.0701 e. The van der Waals surface area contributed by atoms with Gasteiger partial charge in [0.15, 0.2) is 0 Å². The Bertz CT molecular complexity index is 204. The van der Waals surface area contributed by atoms with Gasteiger partial charge in [-0.1, -0.05) is 19.3 Å². The van der Waals surface area contributed by atoms with Crippen LogP contribution in [0.1, 0.15) is 26.7 Å². The number of hydrogen-bond donors (Lipinski definition) is 1. The predicted octanol–water partition coefficient (Wildman–Crippen LogP) is 1.45. The van der Waals surface area contributed by atoms with Crippen LogP contribution in [0.15, 0.2) is 0 Å². The topological polar surface area (TPSA) is 39.7 Å². The summed E-state index contributed by atoms with van der Waals surface area (Å²) < 4.78 is 16.1. The van der Waals surface area contributed by atoms with E-state index in [0.29, 0.717) is 33.0 Å². The van der Waals surface area contributed by atoms with Gasteiger partial charge in [0.05, 0.1) is 39.1 Å². The molecule has 1 unspecified atom stereocenters. The Morgan fingerprint density at radius 1 is 1.00 bits per heavy atom. The highest BCUT2D eigenvalue weighted by molar-refractivity contribution is 4.95. The van der Waals surface area contributed by atoms with E-state index in [9.17, 15) is 0 Å². The Balaban J connectivity index is 2.97. The lowest BCUT2D eigenvalue weighted by atomic mass is 10.3. The van der Waals surface area contributed by atoms with Crippen LogP contribution in [0.3, 0.4) is 0 Å². The van der Waals surface area contributed by atoms with Gasteiger partial charge in [0, 0.05) is 13.2 Å². The third-order valence-corrected chi connectivity index (χ3v) is 2.33. The summed E-state index contributed by atoms with van der Waals surface area (Å²) in [6, 6.07) is 0.102. The fourth-order valence-corrected chi connectivity index (χ4v) is 1.19. The lowest BCUT2D eigenvalue weighted by Gasteiger charge is -2.08. The molecular formula is C14H27NO3. The highest BCUT2D eigenvalue weighted by Gasteiger charge is 1.94. The van der Waals surface area contributed by atoms with E-state index in [1.54, 1.807) is 0 Å². The molecule has 0 aliphatic rings. The number of rotatable bonds is 13. The van der Waals surface area contributed by atoms with E-state index in [0.717, 1.165) is 19.6 Å². The van der Waals surface area contributed by atoms with Gasteiger partial charge < -0.3 is 19.5 Å². The molecule has 0 bridgehead atoms. The van der Waals surface area contributed by atoms with E-state index in [-0.39, 0.29) is 6.04 Å². The molecule has 0 aliphatic heterocycles. The van der Waals surface area contributed by atoms with E-state index < -0.39 is 0 Å². The van der Waals surface area contributed by atoms with Crippen molar-refractivity contribution in [3.05, 3.63) is 0 Å². The van der Waals surface area contributed by atoms with Crippen LogP contribution in [0, 0.1) is 12.3 Å². The van der Waals surface area contributed by atoms with Crippen molar-refractivity contribution in [3.8, 4) is 12.3 Å². The van der Waals surface area contributed by atoms with Crippen LogP contribution in [0.2, 0.25) is 0 Å². The summed E-state index contributed by atoms with van der Waals surface area (Å²) in [7, 11) is 0. The molecule has 1 N–H and O–H groups in total. The minimum Gasteiger partial charge on any atom is -0.379 e. The molecule has 1 atom stereocenters. The molecule has 0 aromatic heterocycles. The Morgan fingerprint density at radius 3 is 2.11 bits per heavy atom. The Morgan fingerprint density at radius 2 is 1.56 bits per heavy atom. The van der Waals surface area contributed by atoms with Gasteiger partial charge in [-0.25, -0.2) is 0 Å². The lowest BCUT2D eigenvalue weighted by molar-refractivity contribution is 0.0146. The zero-order valence-electron chi connectivity index (χ0n) is 11.7. The summed E-state index contributed by atoms with van der Waals surface area (Å²) in [4.78, 5) is 0. The highest BCUT2D eigenvalue weighted by atomic mass is 16.5. The largest absolute Gasteiger partial charge is 0.379 e. The molecule has 0 aliphatic carbocycles. The average Bonchev–Trinajstić information content (AvgIpc) is 2.39. The summed E-state index contributed by atoms with van der Waals surface area (Å²) in [5.41, 5.74) is 0. The minimum atomic E-state index is 0.102. The van der Waals surface area contributed by atoms with Gasteiger partial charge in [-0.3, -0.25) is 0 Å². The van der Waals surface area contributed by atoms with Gasteiger partial charge in [-0.15, -0.1) is 6.42 Å². The number of ether oxygens (including phenoxy) is 3. The van der Waals surface area contributed by atoms with Crippen molar-refractivity contribution in [2.45, 2.75) is 32.7 Å². The monoisotopic (exact) mass is 257 g/mol. The maximum Gasteiger partial charge on any atom is 0.0701 e. The zero-order valence-corrected chi connectivity index (χ0v) is 11.7. The fourth-order valence-electron chi connectivity index (χ4n) is 1.19. The molecule has 0 saturated heterocycles. The Kier molecular flexibility index (Phi) is 14.0. The first-order valence-electron chi connectivity index (χ1n) is 6.74. The van der Waals surface area contributed by atoms with Crippen LogP contribution in [0.25, 0.3) is 0 Å². The second-order valence-corrected chi connectivity index (χ2v) is 4.03. The van der Waals surface area contributed by atoms with Crippen LogP contribution in [-0.4, -0.2) is 52.2 Å². The number of nitrogens with one attached hydrogen (secondary N) is 1. The number of hydrogen-bond acceptors (Lipinski definition) is 4. The molecule has 4 heteroatoms. The van der Waals surface area contributed by atoms with E-state index in [2.05, 4.69) is 18.2 Å². The second kappa shape index (κ2) is 14.5. The van der Waals surface area contributed by atoms with E-state index in [1.807, 2.05) is 6.92 Å². The van der Waals surface area contributed by atoms with E-state index in [4.69, 9.17) is 20.6 Å². The van der Waals surface area contributed by atoms with Crippen molar-refractivity contribution in [2.24, 2.45) is 0 Å². The molecule has 0 spiro atoms. The summed E-state index contributed by atoms with van der Waals surface area (Å²) in [6.45, 7) is 8.88. The summed E-state index contributed by atoms with van der Waals surface area (Å²) >= 11 is 0. The fraction of sp³-hybridized carbons (Fsp3) is 0.857. The van der Waals surface area contributed by atoms with Crippen molar-refractivity contribution >= 4 is 0 Å². The first kappa shape index (κ1) is 17.4. The molecule has 4 nitrogen and oxygen atoms in total. The molecule has 0 fully saturated rings. The van der Waals surface area contributed by atoms with Crippen molar-refractivity contribution in [2.75, 3.05) is 46.2 Å². The lowest BCUT2D eigenvalue weighted by Crippen LogP contribution is -2.28. The second-order valence-electron chi connectivity index (χ2n) is 4.03. The van der Waals surface area contributed by atoms with E-state index in [1.165, 1.54) is 6.42 Å². The van der Waals surface area contributed by atoms with Crippen LogP contribution in [-0.2, 0) is 14.2 Å². The van der Waals surface area contributed by atoms with Crippen LogP contribution < -0.4 is 5.32 Å².